The lowest BCUT2D eigenvalue weighted by atomic mass is 10.0. The average Bonchev–Trinajstić information content (AvgIpc) is 3.35. The van der Waals surface area contributed by atoms with Crippen LogP contribution in [0.4, 0.5) is 0 Å². The van der Waals surface area contributed by atoms with Crippen molar-refractivity contribution in [1.82, 2.24) is 39.2 Å². The van der Waals surface area contributed by atoms with Crippen LogP contribution in [0.2, 0.25) is 0 Å². The number of hydrogen-bond acceptors (Lipinski definition) is 25. The van der Waals surface area contributed by atoms with E-state index in [1.54, 1.807) is 0 Å². The summed E-state index contributed by atoms with van der Waals surface area (Å²) in [6.45, 7) is 35.5. The molecule has 0 aliphatic carbocycles. The topological polar surface area (TPSA) is 366 Å². The standard InChI is InChI=1S/C13H28N2O4S.2C12H28N2O4S.C11H24N2O4S.CO2.O3S/c1-12(2)19-10-8-15(9-11-20(16,17)18)13-4-6-14(3)7-5-13;2*1-5-13(4)6-7-14(8-10-18-12(2)3)9-11-19(15,16)17;1-10(2)17-6-4-13(5-7-18(14,15)16)11-8-12(3)9-11;2-1-3;1-4(2)3/h12-13H,4-11H2,1-3H3,(H,16,17,18);2*12H,5-11H2,1-4H3,(H,15,16,17);10-11H,4-9H2,1-3H3,(H,14,15,16);;. The van der Waals surface area contributed by atoms with Crippen molar-refractivity contribution in [3.63, 3.8) is 0 Å². The SMILES string of the molecule is CC(C)OCCN(CCS(=O)(=O)O)C1CCN(C)CC1.CC(C)OCCN(CCS(=O)(=O)O)C1CN(C)C1.CCN(C)CCN(CCOC(C)C)CCS(=O)(=O)O.CCN(C)CCN(CCOC(C)C)CCS(=O)(=O)O.O=C=O.O=S(=O)=O. The molecule has 29 nitrogen and oxygen atoms in total. The Labute approximate surface area is 501 Å². The van der Waals surface area contributed by atoms with Crippen LogP contribution >= 0.6 is 0 Å². The third-order valence-corrected chi connectivity index (χ3v) is 15.2. The van der Waals surface area contributed by atoms with E-state index in [4.69, 9.17) is 59.4 Å². The summed E-state index contributed by atoms with van der Waals surface area (Å²) >= 11 is 0. The monoisotopic (exact) mass is 1300 g/mol. The number of ether oxygens (including phenoxy) is 4. The third kappa shape index (κ3) is 66.0. The van der Waals surface area contributed by atoms with Gasteiger partial charge in [0.2, 0.25) is 0 Å². The van der Waals surface area contributed by atoms with Crippen LogP contribution in [0.25, 0.3) is 0 Å². The zero-order valence-electron chi connectivity index (χ0n) is 52.1. The van der Waals surface area contributed by atoms with Crippen LogP contribution in [0.15, 0.2) is 0 Å². The van der Waals surface area contributed by atoms with Gasteiger partial charge in [-0.1, -0.05) is 13.8 Å². The predicted octanol–water partition coefficient (Wildman–Crippen LogP) is 0.129. The molecule has 2 saturated heterocycles. The van der Waals surface area contributed by atoms with Crippen molar-refractivity contribution in [3.05, 3.63) is 0 Å². The smallest absolute Gasteiger partial charge is 0.377 e. The Morgan fingerprint density at radius 2 is 0.723 bits per heavy atom. The Morgan fingerprint density at radius 1 is 0.458 bits per heavy atom. The second kappa shape index (κ2) is 50.1. The van der Waals surface area contributed by atoms with Crippen molar-refractivity contribution >= 4 is 57.2 Å². The lowest BCUT2D eigenvalue weighted by Gasteiger charge is -2.43. The molecule has 0 spiro atoms. The molecule has 500 valence electrons. The zero-order valence-corrected chi connectivity index (χ0v) is 56.2. The second-order valence-electron chi connectivity index (χ2n) is 21.1. The summed E-state index contributed by atoms with van der Waals surface area (Å²) in [5.74, 6) is -0.884. The van der Waals surface area contributed by atoms with Crippen LogP contribution in [0, 0.1) is 0 Å². The molecule has 0 radical (unpaired) electrons. The highest BCUT2D eigenvalue weighted by Gasteiger charge is 2.30. The van der Waals surface area contributed by atoms with Gasteiger partial charge in [-0.2, -0.15) is 43.3 Å². The normalized spacial score (nSPS) is 14.9. The quantitative estimate of drug-likeness (QED) is 0.0597. The van der Waals surface area contributed by atoms with Crippen LogP contribution in [-0.4, -0.2) is 342 Å². The van der Waals surface area contributed by atoms with Gasteiger partial charge in [-0.3, -0.25) is 37.8 Å². The Bertz CT molecular complexity index is 2130. The number of rotatable bonds is 38. The molecule has 2 rings (SSSR count). The highest BCUT2D eigenvalue weighted by Crippen LogP contribution is 2.16. The van der Waals surface area contributed by atoms with E-state index in [0.717, 1.165) is 78.3 Å². The first-order valence-corrected chi connectivity index (χ1v) is 35.3. The lowest BCUT2D eigenvalue weighted by molar-refractivity contribution is -0.191. The molecular weight excluding hydrogens is 1200 g/mol. The van der Waals surface area contributed by atoms with E-state index in [2.05, 4.69) is 50.3 Å². The van der Waals surface area contributed by atoms with Crippen LogP contribution in [0.3, 0.4) is 0 Å². The summed E-state index contributed by atoms with van der Waals surface area (Å²) < 4.78 is 169. The molecule has 0 atom stereocenters. The van der Waals surface area contributed by atoms with Gasteiger partial charge in [-0.25, -0.2) is 0 Å². The summed E-state index contributed by atoms with van der Waals surface area (Å²) in [6.07, 6.45) is 3.00. The lowest BCUT2D eigenvalue weighted by Crippen LogP contribution is -2.59. The molecule has 2 heterocycles. The minimum absolute atomic E-state index is 0.168. The first-order chi connectivity index (χ1) is 38.2. The number of piperidine rings is 1. The number of carbonyl (C=O) groups excluding carboxylic acids is 2. The summed E-state index contributed by atoms with van der Waals surface area (Å²) in [6, 6.07) is 0.747. The number of hydrogen-bond donors (Lipinski definition) is 4. The molecule has 2 aliphatic rings. The Balaban J connectivity index is -0.000000482. The molecule has 0 aromatic carbocycles. The van der Waals surface area contributed by atoms with Crippen molar-refractivity contribution < 1.29 is 93.0 Å². The van der Waals surface area contributed by atoms with E-state index in [1.807, 2.05) is 86.3 Å². The van der Waals surface area contributed by atoms with E-state index in [0.29, 0.717) is 90.9 Å². The molecule has 0 aromatic heterocycles. The minimum atomic E-state index is -3.90. The van der Waals surface area contributed by atoms with Gasteiger partial charge in [-0.05, 0) is 123 Å². The molecule has 0 aromatic rings. The van der Waals surface area contributed by atoms with Gasteiger partial charge in [0, 0.05) is 104 Å². The van der Waals surface area contributed by atoms with Gasteiger partial charge in [0.15, 0.2) is 0 Å². The third-order valence-electron chi connectivity index (χ3n) is 12.4. The number of likely N-dealkylation sites (tertiary alicyclic amines) is 2. The summed E-state index contributed by atoms with van der Waals surface area (Å²) in [4.78, 5) is 33.2. The first kappa shape index (κ1) is 87.6. The number of likely N-dealkylation sites (N-methyl/N-ethyl adjacent to an activating group) is 3. The van der Waals surface area contributed by atoms with Crippen LogP contribution in [0.5, 0.6) is 0 Å². The van der Waals surface area contributed by atoms with E-state index >= 15 is 0 Å². The maximum absolute atomic E-state index is 10.9. The molecule has 83 heavy (non-hydrogen) atoms. The molecular formula is C49H108N8O21S5. The van der Waals surface area contributed by atoms with Crippen molar-refractivity contribution in [3.8, 4) is 0 Å². The number of nitrogens with zero attached hydrogens (tertiary/aromatic N) is 8. The first-order valence-electron chi connectivity index (χ1n) is 27.9. The van der Waals surface area contributed by atoms with Gasteiger partial charge in [0.1, 0.15) is 0 Å². The van der Waals surface area contributed by atoms with Crippen LogP contribution in [0.1, 0.15) is 82.1 Å². The summed E-state index contributed by atoms with van der Waals surface area (Å²) in [5.41, 5.74) is 0. The van der Waals surface area contributed by atoms with Crippen molar-refractivity contribution in [2.75, 3.05) is 195 Å². The molecule has 2 fully saturated rings. The maximum Gasteiger partial charge on any atom is 0.425 e. The van der Waals surface area contributed by atoms with Crippen LogP contribution in [-0.2, 0) is 79.6 Å². The fraction of sp³-hybridized carbons (Fsp3) is 0.980. The molecule has 34 heteroatoms. The molecule has 0 amide bonds. The van der Waals surface area contributed by atoms with E-state index in [1.165, 1.54) is 0 Å². The second-order valence-corrected chi connectivity index (χ2v) is 27.8. The maximum atomic E-state index is 10.9. The van der Waals surface area contributed by atoms with Crippen molar-refractivity contribution in [1.29, 1.82) is 0 Å². The van der Waals surface area contributed by atoms with E-state index < -0.39 is 51.1 Å². The van der Waals surface area contributed by atoms with Gasteiger partial charge >= 0.3 is 16.8 Å². The van der Waals surface area contributed by atoms with Crippen molar-refractivity contribution in [2.45, 2.75) is 119 Å². The largest absolute Gasteiger partial charge is 0.425 e. The molecule has 0 bridgehead atoms. The summed E-state index contributed by atoms with van der Waals surface area (Å²) in [5, 5.41) is 0. The molecule has 0 saturated carbocycles. The van der Waals surface area contributed by atoms with E-state index in [9.17, 15) is 33.7 Å². The predicted molar refractivity (Wildman–Crippen MR) is 319 cm³/mol. The van der Waals surface area contributed by atoms with Gasteiger partial charge in [0.05, 0.1) is 73.9 Å². The van der Waals surface area contributed by atoms with Crippen molar-refractivity contribution in [2.24, 2.45) is 0 Å². The minimum Gasteiger partial charge on any atom is -0.377 e. The fourth-order valence-electron chi connectivity index (χ4n) is 7.42. The van der Waals surface area contributed by atoms with Crippen LogP contribution < -0.4 is 0 Å². The molecule has 4 N–H and O–H groups in total. The molecule has 2 aliphatic heterocycles. The van der Waals surface area contributed by atoms with Gasteiger partial charge in [0.25, 0.3) is 40.5 Å². The highest BCUT2D eigenvalue weighted by molar-refractivity contribution is 7.86. The Kier molecular flexibility index (Phi) is 52.8. The molecule has 0 unspecified atom stereocenters. The van der Waals surface area contributed by atoms with E-state index in [-0.39, 0.29) is 53.6 Å². The van der Waals surface area contributed by atoms with Gasteiger partial charge in [-0.15, -0.1) is 12.6 Å². The fourth-order valence-corrected chi connectivity index (χ4v) is 9.33. The average molecular weight is 1310 g/mol. The Morgan fingerprint density at radius 3 is 0.976 bits per heavy atom. The summed E-state index contributed by atoms with van der Waals surface area (Å²) in [7, 11) is -10.5. The van der Waals surface area contributed by atoms with Gasteiger partial charge < -0.3 is 38.5 Å². The zero-order chi connectivity index (χ0) is 65.0. The Hall–Kier alpha value is -1.84. The highest BCUT2D eigenvalue weighted by atomic mass is 32.2.